The molecule has 3 rings (SSSR count). The van der Waals surface area contributed by atoms with E-state index in [0.29, 0.717) is 22.1 Å². The molecule has 3 N–H and O–H groups in total. The minimum absolute atomic E-state index is 0.0717. The number of nitrogens with two attached hydrogens (primary N) is 1. The van der Waals surface area contributed by atoms with Crippen molar-refractivity contribution in [2.24, 2.45) is 5.73 Å². The average Bonchev–Trinajstić information content (AvgIpc) is 2.93. The maximum atomic E-state index is 13.4. The number of amides is 1. The van der Waals surface area contributed by atoms with Gasteiger partial charge in [0.15, 0.2) is 0 Å². The summed E-state index contributed by atoms with van der Waals surface area (Å²) >= 11 is 3.38. The van der Waals surface area contributed by atoms with E-state index >= 15 is 0 Å². The van der Waals surface area contributed by atoms with Crippen LogP contribution in [0.2, 0.25) is 0 Å². The Morgan fingerprint density at radius 1 is 1.28 bits per heavy atom. The van der Waals surface area contributed by atoms with Crippen LogP contribution in [0.5, 0.6) is 0 Å². The number of benzene rings is 1. The molecule has 0 saturated heterocycles. The molecule has 154 valence electrons. The third kappa shape index (κ3) is 3.19. The number of hydrogen-bond acceptors (Lipinski definition) is 7. The van der Waals surface area contributed by atoms with Crippen LogP contribution in [0, 0.1) is 0 Å². The molecule has 0 aromatic heterocycles. The predicted octanol–water partition coefficient (Wildman–Crippen LogP) is 2.63. The summed E-state index contributed by atoms with van der Waals surface area (Å²) in [4.78, 5) is 39.2. The predicted molar refractivity (Wildman–Crippen MR) is 107 cm³/mol. The first-order valence-electron chi connectivity index (χ1n) is 9.05. The van der Waals surface area contributed by atoms with Crippen molar-refractivity contribution < 1.29 is 28.6 Å². The van der Waals surface area contributed by atoms with E-state index in [1.54, 1.807) is 18.2 Å². The van der Waals surface area contributed by atoms with Crippen molar-refractivity contribution in [3.05, 3.63) is 51.0 Å². The molecule has 9 heteroatoms. The molecule has 0 radical (unpaired) electrons. The largest absolute Gasteiger partial charge is 0.466 e. The standard InChI is InChI=1S/C20H21BrN2O6/c1-4-5-8-28-18(25)15-16(22)29-10(2)14(17(24)27-3)20(15)12-9-11(21)6-7-13(12)23-19(20)26/h6-7,9H,4-5,8,22H2,1-3H3,(H,23,26)/t20-/m1/s1. The minimum Gasteiger partial charge on any atom is -0.466 e. The van der Waals surface area contributed by atoms with Gasteiger partial charge in [-0.15, -0.1) is 0 Å². The number of rotatable bonds is 5. The average molecular weight is 465 g/mol. The number of halogens is 1. The van der Waals surface area contributed by atoms with Crippen LogP contribution in [0.1, 0.15) is 32.3 Å². The minimum atomic E-state index is -1.85. The van der Waals surface area contributed by atoms with Gasteiger partial charge in [0.05, 0.1) is 13.7 Å². The zero-order valence-corrected chi connectivity index (χ0v) is 17.8. The number of carbonyl (C=O) groups excluding carboxylic acids is 3. The summed E-state index contributed by atoms with van der Waals surface area (Å²) in [5.74, 6) is -2.47. The Morgan fingerprint density at radius 2 is 2.00 bits per heavy atom. The molecular weight excluding hydrogens is 444 g/mol. The number of unbranched alkanes of at least 4 members (excludes halogenated alkanes) is 1. The van der Waals surface area contributed by atoms with Gasteiger partial charge in [-0.05, 0) is 31.5 Å². The number of anilines is 1. The molecule has 29 heavy (non-hydrogen) atoms. The van der Waals surface area contributed by atoms with Crippen molar-refractivity contribution in [2.75, 3.05) is 19.0 Å². The number of fused-ring (bicyclic) bond motifs is 2. The Labute approximate surface area is 176 Å². The molecule has 0 fully saturated rings. The molecule has 2 heterocycles. The number of methoxy groups -OCH3 is 1. The third-order valence-corrected chi connectivity index (χ3v) is 5.40. The maximum absolute atomic E-state index is 13.4. The lowest BCUT2D eigenvalue weighted by molar-refractivity contribution is -0.142. The summed E-state index contributed by atoms with van der Waals surface area (Å²) in [6.07, 6.45) is 1.45. The summed E-state index contributed by atoms with van der Waals surface area (Å²) in [5, 5.41) is 2.73. The van der Waals surface area contributed by atoms with Gasteiger partial charge >= 0.3 is 11.9 Å². The quantitative estimate of drug-likeness (QED) is 0.507. The number of ether oxygens (including phenoxy) is 3. The van der Waals surface area contributed by atoms with Gasteiger partial charge in [-0.1, -0.05) is 29.3 Å². The van der Waals surface area contributed by atoms with Gasteiger partial charge in [0.25, 0.3) is 0 Å². The van der Waals surface area contributed by atoms with Crippen LogP contribution in [-0.2, 0) is 34.0 Å². The normalized spacial score (nSPS) is 20.3. The van der Waals surface area contributed by atoms with Crippen LogP contribution in [0.4, 0.5) is 5.69 Å². The smallest absolute Gasteiger partial charge is 0.341 e. The van der Waals surface area contributed by atoms with Crippen LogP contribution in [0.3, 0.4) is 0 Å². The Morgan fingerprint density at radius 3 is 2.66 bits per heavy atom. The third-order valence-electron chi connectivity index (χ3n) is 4.91. The molecule has 2 aliphatic rings. The van der Waals surface area contributed by atoms with E-state index in [2.05, 4.69) is 21.2 Å². The molecule has 1 aromatic rings. The Hall–Kier alpha value is -2.81. The number of carbonyl (C=O) groups is 3. The number of nitrogens with one attached hydrogen (secondary N) is 1. The lowest BCUT2D eigenvalue weighted by Crippen LogP contribution is -2.48. The molecule has 2 aliphatic heterocycles. The van der Waals surface area contributed by atoms with Crippen LogP contribution < -0.4 is 11.1 Å². The van der Waals surface area contributed by atoms with Gasteiger partial charge in [0, 0.05) is 15.7 Å². The second-order valence-electron chi connectivity index (χ2n) is 6.65. The monoisotopic (exact) mass is 464 g/mol. The van der Waals surface area contributed by atoms with E-state index in [1.807, 2.05) is 6.92 Å². The summed E-state index contributed by atoms with van der Waals surface area (Å²) in [5.41, 5.74) is 4.69. The summed E-state index contributed by atoms with van der Waals surface area (Å²) < 4.78 is 16.4. The zero-order chi connectivity index (χ0) is 21.3. The highest BCUT2D eigenvalue weighted by molar-refractivity contribution is 9.10. The Balaban J connectivity index is 2.30. The van der Waals surface area contributed by atoms with Crippen molar-refractivity contribution in [3.8, 4) is 0 Å². The number of esters is 2. The molecule has 0 aliphatic carbocycles. The highest BCUT2D eigenvalue weighted by Crippen LogP contribution is 2.53. The molecule has 8 nitrogen and oxygen atoms in total. The molecule has 0 bridgehead atoms. The molecule has 1 aromatic carbocycles. The van der Waals surface area contributed by atoms with Crippen molar-refractivity contribution in [3.63, 3.8) is 0 Å². The van der Waals surface area contributed by atoms with Crippen LogP contribution >= 0.6 is 15.9 Å². The summed E-state index contributed by atoms with van der Waals surface area (Å²) in [6.45, 7) is 3.58. The molecule has 1 atom stereocenters. The molecule has 0 saturated carbocycles. The van der Waals surface area contributed by atoms with Crippen molar-refractivity contribution in [1.29, 1.82) is 0 Å². The van der Waals surface area contributed by atoms with Gasteiger partial charge in [-0.25, -0.2) is 9.59 Å². The first-order valence-corrected chi connectivity index (χ1v) is 9.84. The fourth-order valence-electron chi connectivity index (χ4n) is 3.65. The van der Waals surface area contributed by atoms with E-state index in [1.165, 1.54) is 14.0 Å². The zero-order valence-electron chi connectivity index (χ0n) is 16.3. The first-order chi connectivity index (χ1) is 13.8. The maximum Gasteiger partial charge on any atom is 0.341 e. The van der Waals surface area contributed by atoms with Crippen LogP contribution in [0.25, 0.3) is 0 Å². The van der Waals surface area contributed by atoms with E-state index in [-0.39, 0.29) is 29.4 Å². The lowest BCUT2D eigenvalue weighted by Gasteiger charge is -2.35. The van der Waals surface area contributed by atoms with Gasteiger partial charge in [0.1, 0.15) is 22.3 Å². The Kier molecular flexibility index (Phi) is 5.70. The topological polar surface area (TPSA) is 117 Å². The van der Waals surface area contributed by atoms with Gasteiger partial charge in [-0.2, -0.15) is 0 Å². The summed E-state index contributed by atoms with van der Waals surface area (Å²) in [7, 11) is 1.19. The Bertz CT molecular complexity index is 968. The van der Waals surface area contributed by atoms with Gasteiger partial charge in [0.2, 0.25) is 11.8 Å². The second-order valence-corrected chi connectivity index (χ2v) is 7.56. The second kappa shape index (κ2) is 7.90. The molecule has 1 spiro atoms. The van der Waals surface area contributed by atoms with Crippen molar-refractivity contribution in [1.82, 2.24) is 0 Å². The van der Waals surface area contributed by atoms with Gasteiger partial charge < -0.3 is 25.3 Å². The highest BCUT2D eigenvalue weighted by atomic mass is 79.9. The number of hydrogen-bond donors (Lipinski definition) is 2. The summed E-state index contributed by atoms with van der Waals surface area (Å²) in [6, 6.07) is 5.06. The fourth-order valence-corrected chi connectivity index (χ4v) is 4.01. The molecule has 1 amide bonds. The number of allylic oxidation sites excluding steroid dienone is 1. The van der Waals surface area contributed by atoms with Crippen LogP contribution in [0.15, 0.2) is 45.5 Å². The highest BCUT2D eigenvalue weighted by Gasteiger charge is 2.61. The van der Waals surface area contributed by atoms with Gasteiger partial charge in [-0.3, -0.25) is 4.79 Å². The van der Waals surface area contributed by atoms with Crippen LogP contribution in [-0.4, -0.2) is 31.6 Å². The lowest BCUT2D eigenvalue weighted by atomic mass is 9.67. The van der Waals surface area contributed by atoms with E-state index in [4.69, 9.17) is 19.9 Å². The SMILES string of the molecule is CCCCOC(=O)C1=C(N)OC(C)=C(C(=O)OC)[C@@]12C(=O)Nc1ccc(Br)cc12. The van der Waals surface area contributed by atoms with Crippen molar-refractivity contribution >= 4 is 39.5 Å². The van der Waals surface area contributed by atoms with Crippen molar-refractivity contribution in [2.45, 2.75) is 32.1 Å². The van der Waals surface area contributed by atoms with E-state index in [0.717, 1.165) is 6.42 Å². The van der Waals surface area contributed by atoms with E-state index < -0.39 is 23.3 Å². The first kappa shape index (κ1) is 20.9. The fraction of sp³-hybridized carbons (Fsp3) is 0.350. The molecular formula is C20H21BrN2O6. The molecule has 0 unspecified atom stereocenters. The van der Waals surface area contributed by atoms with E-state index in [9.17, 15) is 14.4 Å².